The number of carbonyl (C=O) groups excluding carboxylic acids is 1. The summed E-state index contributed by atoms with van der Waals surface area (Å²) in [6, 6.07) is 0.393. The van der Waals surface area contributed by atoms with Crippen LogP contribution in [0, 0.1) is 5.41 Å². The third-order valence-corrected chi connectivity index (χ3v) is 4.26. The van der Waals surface area contributed by atoms with Gasteiger partial charge in [0.1, 0.15) is 0 Å². The summed E-state index contributed by atoms with van der Waals surface area (Å²) in [5, 5.41) is 0. The van der Waals surface area contributed by atoms with Gasteiger partial charge in [-0.25, -0.2) is 0 Å². The zero-order chi connectivity index (χ0) is 12.5. The molecule has 1 amide bonds. The lowest BCUT2D eigenvalue weighted by molar-refractivity contribution is -0.143. The summed E-state index contributed by atoms with van der Waals surface area (Å²) in [7, 11) is 1.65. The number of ether oxygens (including phenoxy) is 1. The van der Waals surface area contributed by atoms with Crippen LogP contribution in [0.5, 0.6) is 0 Å². The van der Waals surface area contributed by atoms with Crippen molar-refractivity contribution in [3.05, 3.63) is 0 Å². The lowest BCUT2D eigenvalue weighted by Gasteiger charge is -2.42. The van der Waals surface area contributed by atoms with Crippen molar-refractivity contribution in [3.8, 4) is 0 Å². The predicted molar refractivity (Wildman–Crippen MR) is 69.7 cm³/mol. The normalized spacial score (nSPS) is 21.7. The van der Waals surface area contributed by atoms with Gasteiger partial charge in [0, 0.05) is 19.7 Å². The summed E-state index contributed by atoms with van der Waals surface area (Å²) >= 11 is 5.09. The average molecular weight is 256 g/mol. The maximum absolute atomic E-state index is 12.6. The number of nitrogens with zero attached hydrogens (tertiary/aromatic N) is 1. The van der Waals surface area contributed by atoms with Gasteiger partial charge in [-0.05, 0) is 25.7 Å². The molecule has 2 fully saturated rings. The third-order valence-electron chi connectivity index (χ3n) is 3.87. The molecule has 4 nitrogen and oxygen atoms in total. The molecule has 5 heteroatoms. The molecule has 2 aliphatic carbocycles. The van der Waals surface area contributed by atoms with Crippen molar-refractivity contribution in [3.63, 3.8) is 0 Å². The smallest absolute Gasteiger partial charge is 0.235 e. The number of rotatable bonds is 6. The Morgan fingerprint density at radius 1 is 1.53 bits per heavy atom. The van der Waals surface area contributed by atoms with Gasteiger partial charge in [0.15, 0.2) is 0 Å². The first-order chi connectivity index (χ1) is 8.12. The van der Waals surface area contributed by atoms with Crippen LogP contribution in [0.25, 0.3) is 0 Å². The molecule has 0 bridgehead atoms. The quantitative estimate of drug-likeness (QED) is 0.723. The number of amides is 1. The summed E-state index contributed by atoms with van der Waals surface area (Å²) in [5.41, 5.74) is 5.24. The van der Waals surface area contributed by atoms with E-state index in [4.69, 9.17) is 22.7 Å². The molecule has 0 saturated heterocycles. The third kappa shape index (κ3) is 2.31. The molecule has 2 saturated carbocycles. The van der Waals surface area contributed by atoms with Crippen molar-refractivity contribution < 1.29 is 9.53 Å². The molecule has 0 spiro atoms. The Morgan fingerprint density at radius 3 is 2.53 bits per heavy atom. The fourth-order valence-electron chi connectivity index (χ4n) is 2.40. The summed E-state index contributed by atoms with van der Waals surface area (Å²) in [6.07, 6.45) is 4.88. The van der Waals surface area contributed by atoms with Crippen LogP contribution < -0.4 is 5.73 Å². The van der Waals surface area contributed by atoms with E-state index < -0.39 is 5.41 Å². The fourth-order valence-corrected chi connectivity index (χ4v) is 2.69. The molecule has 2 N–H and O–H groups in total. The number of nitrogens with two attached hydrogens (primary N) is 1. The number of carbonyl (C=O) groups is 1. The highest BCUT2D eigenvalue weighted by molar-refractivity contribution is 7.80. The van der Waals surface area contributed by atoms with E-state index in [-0.39, 0.29) is 5.91 Å². The minimum atomic E-state index is -0.536. The fraction of sp³-hybridized carbons (Fsp3) is 0.833. The molecule has 2 rings (SSSR count). The van der Waals surface area contributed by atoms with Gasteiger partial charge < -0.3 is 15.4 Å². The molecule has 0 aliphatic heterocycles. The maximum Gasteiger partial charge on any atom is 0.235 e. The van der Waals surface area contributed by atoms with E-state index in [0.29, 0.717) is 24.2 Å². The average Bonchev–Trinajstić information content (AvgIpc) is 3.00. The van der Waals surface area contributed by atoms with E-state index in [1.807, 2.05) is 4.90 Å². The second kappa shape index (κ2) is 4.90. The van der Waals surface area contributed by atoms with Gasteiger partial charge in [-0.1, -0.05) is 18.6 Å². The zero-order valence-electron chi connectivity index (χ0n) is 10.3. The van der Waals surface area contributed by atoms with Crippen molar-refractivity contribution in [1.29, 1.82) is 0 Å². The Hall–Kier alpha value is -0.680. The Labute approximate surface area is 107 Å². The van der Waals surface area contributed by atoms with Crippen LogP contribution in [0.15, 0.2) is 0 Å². The lowest BCUT2D eigenvalue weighted by atomic mass is 9.67. The molecule has 0 aromatic carbocycles. The predicted octanol–water partition coefficient (Wildman–Crippen LogP) is 1.08. The first kappa shape index (κ1) is 12.8. The van der Waals surface area contributed by atoms with Crippen LogP contribution in [0.1, 0.15) is 32.1 Å². The lowest BCUT2D eigenvalue weighted by Crippen LogP contribution is -2.55. The molecule has 0 aromatic rings. The van der Waals surface area contributed by atoms with Crippen molar-refractivity contribution >= 4 is 23.1 Å². The summed E-state index contributed by atoms with van der Waals surface area (Å²) < 4.78 is 5.07. The molecular weight excluding hydrogens is 236 g/mol. The van der Waals surface area contributed by atoms with E-state index in [9.17, 15) is 4.79 Å². The molecule has 0 aromatic heterocycles. The molecule has 0 atom stereocenters. The van der Waals surface area contributed by atoms with Crippen molar-refractivity contribution in [2.24, 2.45) is 11.1 Å². The van der Waals surface area contributed by atoms with Crippen molar-refractivity contribution in [2.75, 3.05) is 20.3 Å². The highest BCUT2D eigenvalue weighted by Gasteiger charge is 2.51. The topological polar surface area (TPSA) is 55.6 Å². The van der Waals surface area contributed by atoms with Crippen molar-refractivity contribution in [1.82, 2.24) is 4.90 Å². The van der Waals surface area contributed by atoms with E-state index in [1.54, 1.807) is 7.11 Å². The monoisotopic (exact) mass is 256 g/mol. The van der Waals surface area contributed by atoms with Gasteiger partial charge in [0.2, 0.25) is 5.91 Å². The molecule has 96 valence electrons. The van der Waals surface area contributed by atoms with E-state index in [1.165, 1.54) is 0 Å². The molecule has 0 heterocycles. The highest BCUT2D eigenvalue weighted by Crippen LogP contribution is 2.44. The minimum Gasteiger partial charge on any atom is -0.392 e. The number of hydrogen-bond donors (Lipinski definition) is 1. The van der Waals surface area contributed by atoms with Crippen LogP contribution >= 0.6 is 12.2 Å². The zero-order valence-corrected chi connectivity index (χ0v) is 11.1. The largest absolute Gasteiger partial charge is 0.392 e. The first-order valence-corrected chi connectivity index (χ1v) is 6.62. The minimum absolute atomic E-state index is 0.135. The van der Waals surface area contributed by atoms with Gasteiger partial charge >= 0.3 is 0 Å². The second-order valence-corrected chi connectivity index (χ2v) is 5.46. The Morgan fingerprint density at radius 2 is 2.18 bits per heavy atom. The Bertz CT molecular complexity index is 324. The van der Waals surface area contributed by atoms with Crippen molar-refractivity contribution in [2.45, 2.75) is 38.1 Å². The molecule has 2 aliphatic rings. The van der Waals surface area contributed by atoms with Crippen LogP contribution in [0.2, 0.25) is 0 Å². The molecule has 0 radical (unpaired) electrons. The summed E-state index contributed by atoms with van der Waals surface area (Å²) in [6.45, 7) is 1.24. The SMILES string of the molecule is COCCN(C(=O)C1(C(N)=S)CCC1)C1CC1. The Balaban J connectivity index is 2.07. The standard InChI is InChI=1S/C12H20N2O2S/c1-16-8-7-14(9-3-4-9)11(15)12(10(13)17)5-2-6-12/h9H,2-8H2,1H3,(H2,13,17). The van der Waals surface area contributed by atoms with Crippen LogP contribution in [0.4, 0.5) is 0 Å². The number of thiocarbonyl (C=S) groups is 1. The highest BCUT2D eigenvalue weighted by atomic mass is 32.1. The van der Waals surface area contributed by atoms with E-state index >= 15 is 0 Å². The molecule has 17 heavy (non-hydrogen) atoms. The van der Waals surface area contributed by atoms with Crippen LogP contribution in [0.3, 0.4) is 0 Å². The van der Waals surface area contributed by atoms with E-state index in [0.717, 1.165) is 32.1 Å². The van der Waals surface area contributed by atoms with Gasteiger partial charge in [-0.3, -0.25) is 4.79 Å². The first-order valence-electron chi connectivity index (χ1n) is 6.22. The van der Waals surface area contributed by atoms with E-state index in [2.05, 4.69) is 0 Å². The summed E-state index contributed by atoms with van der Waals surface area (Å²) in [4.78, 5) is 14.9. The maximum atomic E-state index is 12.6. The van der Waals surface area contributed by atoms with Gasteiger partial charge in [-0.15, -0.1) is 0 Å². The van der Waals surface area contributed by atoms with Crippen LogP contribution in [-0.4, -0.2) is 42.1 Å². The number of hydrogen-bond acceptors (Lipinski definition) is 3. The summed E-state index contributed by atoms with van der Waals surface area (Å²) in [5.74, 6) is 0.135. The van der Waals surface area contributed by atoms with Crippen LogP contribution in [-0.2, 0) is 9.53 Å². The van der Waals surface area contributed by atoms with Gasteiger partial charge in [-0.2, -0.15) is 0 Å². The van der Waals surface area contributed by atoms with Gasteiger partial charge in [0.05, 0.1) is 17.0 Å². The number of methoxy groups -OCH3 is 1. The molecule has 0 unspecified atom stereocenters. The molecular formula is C12H20N2O2S. The second-order valence-electron chi connectivity index (χ2n) is 5.02. The van der Waals surface area contributed by atoms with Gasteiger partial charge in [0.25, 0.3) is 0 Å². The Kier molecular flexibility index (Phi) is 3.68.